The minimum absolute atomic E-state index is 0.142. The molecule has 1 atom stereocenters. The molecule has 1 heterocycles. The predicted octanol–water partition coefficient (Wildman–Crippen LogP) is 4.25. The van der Waals surface area contributed by atoms with E-state index in [0.717, 1.165) is 17.3 Å². The number of hydrogen-bond acceptors (Lipinski definition) is 6. The first-order valence-electron chi connectivity index (χ1n) is 8.50. The second-order valence-corrected chi connectivity index (χ2v) is 7.05. The lowest BCUT2D eigenvalue weighted by Crippen LogP contribution is -2.46. The summed E-state index contributed by atoms with van der Waals surface area (Å²) in [7, 11) is 0. The van der Waals surface area contributed by atoms with Crippen LogP contribution in [0.2, 0.25) is 0 Å². The van der Waals surface area contributed by atoms with Crippen molar-refractivity contribution in [2.75, 3.05) is 10.7 Å². The van der Waals surface area contributed by atoms with E-state index in [1.165, 1.54) is 31.3 Å². The quantitative estimate of drug-likeness (QED) is 0.565. The molecule has 0 radical (unpaired) electrons. The van der Waals surface area contributed by atoms with Crippen LogP contribution in [0.5, 0.6) is 0 Å². The lowest BCUT2D eigenvalue weighted by molar-refractivity contribution is -0.111. The molecule has 0 spiro atoms. The van der Waals surface area contributed by atoms with Gasteiger partial charge in [-0.15, -0.1) is 0 Å². The van der Waals surface area contributed by atoms with E-state index < -0.39 is 29.4 Å². The summed E-state index contributed by atoms with van der Waals surface area (Å²) in [4.78, 5) is 27.5. The fourth-order valence-corrected chi connectivity index (χ4v) is 2.17. The van der Waals surface area contributed by atoms with E-state index in [1.54, 1.807) is 20.8 Å². The topological polar surface area (TPSA) is 83.6 Å². The number of halogens is 2. The Morgan fingerprint density at radius 3 is 2.50 bits per heavy atom. The summed E-state index contributed by atoms with van der Waals surface area (Å²) < 4.78 is 32.5. The Hall–Kier alpha value is -3.23. The molecule has 0 fully saturated rings. The van der Waals surface area contributed by atoms with E-state index in [9.17, 15) is 18.4 Å². The highest BCUT2D eigenvalue weighted by Gasteiger charge is 2.27. The molecule has 1 unspecified atom stereocenters. The van der Waals surface area contributed by atoms with Gasteiger partial charge in [0.05, 0.1) is 29.5 Å². The van der Waals surface area contributed by atoms with Crippen molar-refractivity contribution in [2.24, 2.45) is 0 Å². The number of rotatable bonds is 6. The molecule has 0 aliphatic rings. The molecule has 150 valence electrons. The summed E-state index contributed by atoms with van der Waals surface area (Å²) >= 11 is 0. The number of anilines is 3. The van der Waals surface area contributed by atoms with E-state index >= 15 is 0 Å². The zero-order valence-electron chi connectivity index (χ0n) is 16.0. The van der Waals surface area contributed by atoms with E-state index in [2.05, 4.69) is 15.7 Å². The molecular weight excluding hydrogens is 370 g/mol. The van der Waals surface area contributed by atoms with Crippen LogP contribution in [0.25, 0.3) is 0 Å². The molecule has 2 N–H and O–H groups in total. The minimum atomic E-state index is -0.901. The van der Waals surface area contributed by atoms with Crippen LogP contribution in [0, 0.1) is 11.6 Å². The Morgan fingerprint density at radius 2 is 1.89 bits per heavy atom. The summed E-state index contributed by atoms with van der Waals surface area (Å²) in [5.74, 6) is -1.13. The predicted molar refractivity (Wildman–Crippen MR) is 101 cm³/mol. The molecule has 0 saturated carbocycles. The minimum Gasteiger partial charge on any atom is -0.442 e. The number of nitrogens with zero attached hydrogens (tertiary/aromatic N) is 2. The fourth-order valence-electron chi connectivity index (χ4n) is 2.17. The van der Waals surface area contributed by atoms with Gasteiger partial charge in [0.25, 0.3) is 0 Å². The Kier molecular flexibility index (Phi) is 6.50. The number of hydrazine groups is 1. The third-order valence-corrected chi connectivity index (χ3v) is 3.40. The Balaban J connectivity index is 2.34. The average molecular weight is 392 g/mol. The van der Waals surface area contributed by atoms with Gasteiger partial charge in [0, 0.05) is 12.1 Å². The third kappa shape index (κ3) is 5.90. The highest BCUT2D eigenvalue weighted by atomic mass is 19.1. The van der Waals surface area contributed by atoms with Crippen LogP contribution in [-0.4, -0.2) is 34.0 Å². The zero-order chi connectivity index (χ0) is 20.9. The number of nitrogens with one attached hydrogen (secondary N) is 2. The van der Waals surface area contributed by atoms with Gasteiger partial charge in [-0.2, -0.15) is 0 Å². The molecule has 1 aromatic carbocycles. The van der Waals surface area contributed by atoms with Crippen molar-refractivity contribution in [1.29, 1.82) is 0 Å². The molecule has 0 saturated heterocycles. The number of aldehydes is 1. The number of aromatic nitrogens is 1. The summed E-state index contributed by atoms with van der Waals surface area (Å²) in [6, 6.07) is 4.04. The van der Waals surface area contributed by atoms with Gasteiger partial charge in [-0.05, 0) is 39.8 Å². The van der Waals surface area contributed by atoms with Crippen LogP contribution >= 0.6 is 0 Å². The van der Waals surface area contributed by atoms with E-state index in [1.807, 2.05) is 0 Å². The SMILES string of the molecule is CC(C=O)N(Nc1cc(F)ccc1Nc1cncc(F)c1)C(=O)OC(C)(C)C. The van der Waals surface area contributed by atoms with Gasteiger partial charge in [0.15, 0.2) is 0 Å². The Bertz CT molecular complexity index is 855. The second-order valence-electron chi connectivity index (χ2n) is 7.05. The standard InChI is InChI=1S/C19H22F2N4O3/c1-12(11-26)25(18(27)28-19(2,3)4)24-17-8-13(20)5-6-16(17)23-15-7-14(21)9-22-10-15/h5-12,23-24H,1-4H3. The smallest absolute Gasteiger partial charge is 0.429 e. The molecule has 1 aromatic heterocycles. The number of hydrogen-bond donors (Lipinski definition) is 2. The number of benzene rings is 1. The van der Waals surface area contributed by atoms with Crippen molar-refractivity contribution in [3.05, 3.63) is 48.3 Å². The van der Waals surface area contributed by atoms with Crippen LogP contribution in [0.3, 0.4) is 0 Å². The monoisotopic (exact) mass is 392 g/mol. The summed E-state index contributed by atoms with van der Waals surface area (Å²) in [5, 5.41) is 3.84. The van der Waals surface area contributed by atoms with Crippen LogP contribution < -0.4 is 10.7 Å². The van der Waals surface area contributed by atoms with Crippen molar-refractivity contribution in [1.82, 2.24) is 9.99 Å². The van der Waals surface area contributed by atoms with Crippen molar-refractivity contribution < 1.29 is 23.1 Å². The van der Waals surface area contributed by atoms with Gasteiger partial charge in [-0.3, -0.25) is 10.4 Å². The maximum atomic E-state index is 13.8. The first-order valence-corrected chi connectivity index (χ1v) is 8.50. The molecule has 0 bridgehead atoms. The molecule has 9 heteroatoms. The normalized spacial score (nSPS) is 12.1. The largest absolute Gasteiger partial charge is 0.442 e. The van der Waals surface area contributed by atoms with Crippen molar-refractivity contribution in [3.8, 4) is 0 Å². The molecular formula is C19H22F2N4O3. The average Bonchev–Trinajstić information content (AvgIpc) is 2.59. The molecule has 2 rings (SSSR count). The van der Waals surface area contributed by atoms with E-state index in [4.69, 9.17) is 4.74 Å². The number of carbonyl (C=O) groups excluding carboxylic acids is 2. The summed E-state index contributed by atoms with van der Waals surface area (Å²) in [5.41, 5.74) is 2.71. The lowest BCUT2D eigenvalue weighted by atomic mass is 10.2. The van der Waals surface area contributed by atoms with E-state index in [-0.39, 0.29) is 5.69 Å². The first kappa shape index (κ1) is 21.1. The van der Waals surface area contributed by atoms with Gasteiger partial charge < -0.3 is 14.8 Å². The maximum Gasteiger partial charge on any atom is 0.429 e. The van der Waals surface area contributed by atoms with Crippen LogP contribution in [0.1, 0.15) is 27.7 Å². The number of carbonyl (C=O) groups is 2. The summed E-state index contributed by atoms with van der Waals surface area (Å²) in [6.07, 6.45) is 2.16. The van der Waals surface area contributed by atoms with E-state index in [0.29, 0.717) is 17.7 Å². The number of ether oxygens (including phenoxy) is 1. The zero-order valence-corrected chi connectivity index (χ0v) is 16.0. The Labute approximate surface area is 161 Å². The van der Waals surface area contributed by atoms with Gasteiger partial charge in [-0.25, -0.2) is 18.6 Å². The molecule has 0 aliphatic heterocycles. The number of pyridine rings is 1. The maximum absolute atomic E-state index is 13.8. The molecule has 1 amide bonds. The Morgan fingerprint density at radius 1 is 1.18 bits per heavy atom. The highest BCUT2D eigenvalue weighted by molar-refractivity contribution is 5.79. The highest BCUT2D eigenvalue weighted by Crippen LogP contribution is 2.28. The molecule has 2 aromatic rings. The first-order chi connectivity index (χ1) is 13.1. The van der Waals surface area contributed by atoms with Gasteiger partial charge in [0.2, 0.25) is 0 Å². The van der Waals surface area contributed by atoms with Crippen molar-refractivity contribution in [2.45, 2.75) is 39.3 Å². The van der Waals surface area contributed by atoms with Crippen LogP contribution in [-0.2, 0) is 9.53 Å². The molecule has 28 heavy (non-hydrogen) atoms. The summed E-state index contributed by atoms with van der Waals surface area (Å²) in [6.45, 7) is 6.52. The van der Waals surface area contributed by atoms with Crippen molar-refractivity contribution in [3.63, 3.8) is 0 Å². The molecule has 7 nitrogen and oxygen atoms in total. The van der Waals surface area contributed by atoms with Crippen molar-refractivity contribution >= 4 is 29.4 Å². The van der Waals surface area contributed by atoms with Crippen LogP contribution in [0.4, 0.5) is 30.6 Å². The van der Waals surface area contributed by atoms with Gasteiger partial charge >= 0.3 is 6.09 Å². The second kappa shape index (κ2) is 8.64. The fraction of sp³-hybridized carbons (Fsp3) is 0.316. The van der Waals surface area contributed by atoms with Crippen LogP contribution in [0.15, 0.2) is 36.7 Å². The van der Waals surface area contributed by atoms with Gasteiger partial charge in [-0.1, -0.05) is 0 Å². The molecule has 0 aliphatic carbocycles. The number of amides is 1. The van der Waals surface area contributed by atoms with Gasteiger partial charge in [0.1, 0.15) is 29.6 Å². The lowest BCUT2D eigenvalue weighted by Gasteiger charge is -2.30. The third-order valence-electron chi connectivity index (χ3n) is 3.40.